The minimum Gasteiger partial charge on any atom is -0.494 e. The Morgan fingerprint density at radius 1 is 1.21 bits per heavy atom. The summed E-state index contributed by atoms with van der Waals surface area (Å²) in [4.78, 5) is 0. The lowest BCUT2D eigenvalue weighted by Crippen LogP contribution is -1.98. The smallest absolute Gasteiger partial charge is 0.122 e. The highest BCUT2D eigenvalue weighted by Crippen LogP contribution is 2.24. The maximum Gasteiger partial charge on any atom is 0.122 e. The Bertz CT molecular complexity index is 289. The quantitative estimate of drug-likeness (QED) is 0.705. The van der Waals surface area contributed by atoms with Crippen LogP contribution in [0.3, 0.4) is 0 Å². The minimum absolute atomic E-state index is 0.593. The zero-order valence-corrected chi connectivity index (χ0v) is 9.63. The number of hydrogen-bond acceptors (Lipinski definition) is 1. The molecule has 0 aromatic heterocycles. The topological polar surface area (TPSA) is 9.23 Å². The van der Waals surface area contributed by atoms with Crippen molar-refractivity contribution in [3.8, 4) is 5.75 Å². The number of ether oxygens (including phenoxy) is 1. The molecule has 1 heteroatoms. The normalized spacial score (nSPS) is 10.6. The molecule has 0 unspecified atom stereocenters. The zero-order chi connectivity index (χ0) is 10.6. The first-order valence-electron chi connectivity index (χ1n) is 5.44. The molecule has 0 amide bonds. The summed E-state index contributed by atoms with van der Waals surface area (Å²) in [5.41, 5.74) is 2.71. The summed E-state index contributed by atoms with van der Waals surface area (Å²) in [6.07, 6.45) is 1.04. The van der Waals surface area contributed by atoms with Gasteiger partial charge in [-0.3, -0.25) is 0 Å². The van der Waals surface area contributed by atoms with E-state index in [0.29, 0.717) is 5.92 Å². The Kier molecular flexibility index (Phi) is 3.99. The third kappa shape index (κ3) is 2.50. The average molecular weight is 192 g/mol. The Morgan fingerprint density at radius 3 is 2.43 bits per heavy atom. The van der Waals surface area contributed by atoms with Gasteiger partial charge in [-0.1, -0.05) is 32.9 Å². The molecule has 0 atom stereocenters. The molecule has 0 spiro atoms. The van der Waals surface area contributed by atoms with Gasteiger partial charge >= 0.3 is 0 Å². The molecule has 0 saturated heterocycles. The van der Waals surface area contributed by atoms with E-state index in [1.165, 1.54) is 11.1 Å². The van der Waals surface area contributed by atoms with Gasteiger partial charge in [0.15, 0.2) is 0 Å². The molecule has 0 N–H and O–H groups in total. The highest BCUT2D eigenvalue weighted by molar-refractivity contribution is 5.38. The van der Waals surface area contributed by atoms with Gasteiger partial charge in [-0.15, -0.1) is 0 Å². The van der Waals surface area contributed by atoms with Crippen molar-refractivity contribution in [1.29, 1.82) is 0 Å². The van der Waals surface area contributed by atoms with Crippen molar-refractivity contribution in [2.24, 2.45) is 0 Å². The number of benzene rings is 1. The molecule has 0 aliphatic rings. The van der Waals surface area contributed by atoms with E-state index in [9.17, 15) is 0 Å². The molecule has 0 radical (unpaired) electrons. The lowest BCUT2D eigenvalue weighted by Gasteiger charge is -2.12. The summed E-state index contributed by atoms with van der Waals surface area (Å²) in [7, 11) is 0. The predicted octanol–water partition coefficient (Wildman–Crippen LogP) is 3.77. The third-order valence-corrected chi connectivity index (χ3v) is 2.43. The van der Waals surface area contributed by atoms with Gasteiger partial charge in [-0.25, -0.2) is 0 Å². The first kappa shape index (κ1) is 11.1. The number of hydrogen-bond donors (Lipinski definition) is 0. The highest BCUT2D eigenvalue weighted by Gasteiger charge is 2.05. The second kappa shape index (κ2) is 5.04. The second-order valence-electron chi connectivity index (χ2n) is 3.81. The van der Waals surface area contributed by atoms with Gasteiger partial charge in [0.05, 0.1) is 6.61 Å². The van der Waals surface area contributed by atoms with E-state index in [0.717, 1.165) is 18.8 Å². The van der Waals surface area contributed by atoms with Crippen LogP contribution in [0, 0.1) is 0 Å². The SMILES string of the molecule is CCOc1ccc(C(C)C)cc1CC. The minimum atomic E-state index is 0.593. The molecular weight excluding hydrogens is 172 g/mol. The summed E-state index contributed by atoms with van der Waals surface area (Å²) < 4.78 is 5.56. The van der Waals surface area contributed by atoms with Crippen molar-refractivity contribution < 1.29 is 4.74 Å². The van der Waals surface area contributed by atoms with Gasteiger partial charge < -0.3 is 4.74 Å². The second-order valence-corrected chi connectivity index (χ2v) is 3.81. The van der Waals surface area contributed by atoms with E-state index in [4.69, 9.17) is 4.74 Å². The van der Waals surface area contributed by atoms with Crippen LogP contribution >= 0.6 is 0 Å². The van der Waals surface area contributed by atoms with Crippen molar-refractivity contribution in [1.82, 2.24) is 0 Å². The largest absolute Gasteiger partial charge is 0.494 e. The average Bonchev–Trinajstić information content (AvgIpc) is 2.18. The van der Waals surface area contributed by atoms with Crippen LogP contribution in [0.25, 0.3) is 0 Å². The Hall–Kier alpha value is -0.980. The number of rotatable bonds is 4. The molecule has 14 heavy (non-hydrogen) atoms. The third-order valence-electron chi connectivity index (χ3n) is 2.43. The molecule has 1 rings (SSSR count). The van der Waals surface area contributed by atoms with Crippen molar-refractivity contribution in [2.75, 3.05) is 6.61 Å². The van der Waals surface area contributed by atoms with Crippen LogP contribution in [0.15, 0.2) is 18.2 Å². The van der Waals surface area contributed by atoms with Crippen LogP contribution in [-0.2, 0) is 6.42 Å². The molecule has 0 aliphatic carbocycles. The molecule has 0 aliphatic heterocycles. The fourth-order valence-electron chi connectivity index (χ4n) is 1.53. The van der Waals surface area contributed by atoms with Gasteiger partial charge in [0, 0.05) is 0 Å². The maximum atomic E-state index is 5.56. The number of aryl methyl sites for hydroxylation is 1. The van der Waals surface area contributed by atoms with Crippen molar-refractivity contribution >= 4 is 0 Å². The van der Waals surface area contributed by atoms with Crippen LogP contribution < -0.4 is 4.74 Å². The lowest BCUT2D eigenvalue weighted by molar-refractivity contribution is 0.336. The zero-order valence-electron chi connectivity index (χ0n) is 9.63. The summed E-state index contributed by atoms with van der Waals surface area (Å²) >= 11 is 0. The van der Waals surface area contributed by atoms with Crippen molar-refractivity contribution in [3.63, 3.8) is 0 Å². The molecule has 0 bridgehead atoms. The van der Waals surface area contributed by atoms with E-state index >= 15 is 0 Å². The van der Waals surface area contributed by atoms with E-state index in [1.54, 1.807) is 0 Å². The van der Waals surface area contributed by atoms with Crippen LogP contribution in [0.2, 0.25) is 0 Å². The van der Waals surface area contributed by atoms with Gasteiger partial charge in [-0.2, -0.15) is 0 Å². The summed E-state index contributed by atoms with van der Waals surface area (Å²) in [6, 6.07) is 6.52. The molecule has 0 fully saturated rings. The van der Waals surface area contributed by atoms with Gasteiger partial charge in [0.2, 0.25) is 0 Å². The van der Waals surface area contributed by atoms with Crippen LogP contribution in [0.5, 0.6) is 5.75 Å². The van der Waals surface area contributed by atoms with Gasteiger partial charge in [-0.05, 0) is 36.5 Å². The molecule has 1 aromatic carbocycles. The van der Waals surface area contributed by atoms with Crippen molar-refractivity contribution in [2.45, 2.75) is 40.0 Å². The first-order valence-corrected chi connectivity index (χ1v) is 5.44. The van der Waals surface area contributed by atoms with Crippen LogP contribution in [-0.4, -0.2) is 6.61 Å². The van der Waals surface area contributed by atoms with E-state index in [-0.39, 0.29) is 0 Å². The Labute approximate surface area is 87.1 Å². The molecule has 0 heterocycles. The predicted molar refractivity (Wildman–Crippen MR) is 61.1 cm³/mol. The van der Waals surface area contributed by atoms with Crippen molar-refractivity contribution in [3.05, 3.63) is 29.3 Å². The molecule has 0 saturated carbocycles. The summed E-state index contributed by atoms with van der Waals surface area (Å²) in [5.74, 6) is 1.63. The molecule has 1 nitrogen and oxygen atoms in total. The monoisotopic (exact) mass is 192 g/mol. The molecule has 1 aromatic rings. The molecular formula is C13H20O. The van der Waals surface area contributed by atoms with E-state index < -0.39 is 0 Å². The van der Waals surface area contributed by atoms with Crippen LogP contribution in [0.4, 0.5) is 0 Å². The fraction of sp³-hybridized carbons (Fsp3) is 0.538. The summed E-state index contributed by atoms with van der Waals surface area (Å²) in [6.45, 7) is 9.37. The Morgan fingerprint density at radius 2 is 1.93 bits per heavy atom. The van der Waals surface area contributed by atoms with E-state index in [1.807, 2.05) is 6.92 Å². The lowest BCUT2D eigenvalue weighted by atomic mass is 9.99. The van der Waals surface area contributed by atoms with Gasteiger partial charge in [0.1, 0.15) is 5.75 Å². The standard InChI is InChI=1S/C13H20O/c1-5-11-9-12(10(3)4)7-8-13(11)14-6-2/h7-10H,5-6H2,1-4H3. The van der Waals surface area contributed by atoms with Gasteiger partial charge in [0.25, 0.3) is 0 Å². The first-order chi connectivity index (χ1) is 6.69. The Balaban J connectivity index is 2.98. The maximum absolute atomic E-state index is 5.56. The summed E-state index contributed by atoms with van der Waals surface area (Å²) in [5, 5.41) is 0. The van der Waals surface area contributed by atoms with Crippen LogP contribution in [0.1, 0.15) is 44.7 Å². The highest BCUT2D eigenvalue weighted by atomic mass is 16.5. The fourth-order valence-corrected chi connectivity index (χ4v) is 1.53. The van der Waals surface area contributed by atoms with E-state index in [2.05, 4.69) is 39.0 Å². The molecule has 78 valence electrons.